The van der Waals surface area contributed by atoms with Crippen molar-refractivity contribution in [1.82, 2.24) is 4.90 Å². The lowest BCUT2D eigenvalue weighted by Crippen LogP contribution is -2.51. The molecule has 0 aromatic carbocycles. The van der Waals surface area contributed by atoms with Crippen LogP contribution in [0.5, 0.6) is 0 Å². The third kappa shape index (κ3) is 2.82. The van der Waals surface area contributed by atoms with Gasteiger partial charge in [-0.15, -0.1) is 8.42 Å². The molecule has 16 heavy (non-hydrogen) atoms. The Kier molecular flexibility index (Phi) is 4.49. The van der Waals surface area contributed by atoms with Crippen LogP contribution in [0.3, 0.4) is 0 Å². The second-order valence-corrected chi connectivity index (χ2v) is 5.98. The summed E-state index contributed by atoms with van der Waals surface area (Å²) in [6.07, 6.45) is 3.69. The highest BCUT2D eigenvalue weighted by Crippen LogP contribution is 2.21. The van der Waals surface area contributed by atoms with Gasteiger partial charge in [-0.3, -0.25) is 0 Å². The predicted molar refractivity (Wildman–Crippen MR) is 63.1 cm³/mol. The van der Waals surface area contributed by atoms with E-state index in [1.807, 2.05) is 0 Å². The first-order valence-corrected chi connectivity index (χ1v) is 7.02. The maximum Gasteiger partial charge on any atom is 0.434 e. The predicted octanol–water partition coefficient (Wildman–Crippen LogP) is 0.865. The van der Waals surface area contributed by atoms with Gasteiger partial charge in [0.1, 0.15) is 13.1 Å². The first kappa shape index (κ1) is 13.6. The van der Waals surface area contributed by atoms with Crippen molar-refractivity contribution >= 4 is 10.3 Å². The van der Waals surface area contributed by atoms with Crippen molar-refractivity contribution in [3.63, 3.8) is 0 Å². The molecule has 1 aliphatic heterocycles. The number of nitrogens with zero attached hydrogens (tertiary/aromatic N) is 2. The van der Waals surface area contributed by atoms with E-state index in [-0.39, 0.29) is 10.4 Å². The minimum absolute atomic E-state index is 0.265. The fourth-order valence-electron chi connectivity index (χ4n) is 2.06. The number of quaternary nitrogens is 1. The lowest BCUT2D eigenvalue weighted by atomic mass is 10.3. The van der Waals surface area contributed by atoms with Gasteiger partial charge in [-0.1, -0.05) is 19.9 Å². The smallest absolute Gasteiger partial charge is 0.250 e. The van der Waals surface area contributed by atoms with Crippen LogP contribution >= 0.6 is 0 Å². The number of hydrogen-bond acceptors (Lipinski definition) is 3. The fourth-order valence-corrected chi connectivity index (χ4v) is 2.98. The Bertz CT molecular complexity index is 342. The van der Waals surface area contributed by atoms with E-state index in [0.717, 1.165) is 19.4 Å². The molecule has 0 amide bonds. The van der Waals surface area contributed by atoms with Gasteiger partial charge in [0.25, 0.3) is 0 Å². The molecular weight excluding hydrogens is 228 g/mol. The molecule has 0 aliphatic carbocycles. The van der Waals surface area contributed by atoms with Gasteiger partial charge in [0, 0.05) is 6.54 Å². The maximum absolute atomic E-state index is 11.4. The number of hydrogen-bond donors (Lipinski definition) is 1. The highest BCUT2D eigenvalue weighted by Gasteiger charge is 2.45. The van der Waals surface area contributed by atoms with E-state index in [0.29, 0.717) is 19.8 Å². The van der Waals surface area contributed by atoms with Crippen LogP contribution in [0.15, 0.2) is 12.7 Å². The summed E-state index contributed by atoms with van der Waals surface area (Å²) in [4.78, 5) is 2.08. The molecule has 1 rings (SSSR count). The highest BCUT2D eigenvalue weighted by atomic mass is 32.2. The van der Waals surface area contributed by atoms with Gasteiger partial charge < -0.3 is 0 Å². The lowest BCUT2D eigenvalue weighted by Gasteiger charge is -2.27. The molecular formula is C10H21N2O3S+. The Morgan fingerprint density at radius 2 is 2.25 bits per heavy atom. The van der Waals surface area contributed by atoms with Crippen molar-refractivity contribution in [3.8, 4) is 0 Å². The third-order valence-electron chi connectivity index (χ3n) is 3.06. The van der Waals surface area contributed by atoms with Crippen molar-refractivity contribution in [2.75, 3.05) is 32.8 Å². The normalized spacial score (nSPS) is 27.1. The zero-order valence-electron chi connectivity index (χ0n) is 9.80. The van der Waals surface area contributed by atoms with E-state index in [1.54, 1.807) is 6.08 Å². The summed E-state index contributed by atoms with van der Waals surface area (Å²) in [5.74, 6) is 0. The van der Waals surface area contributed by atoms with Gasteiger partial charge in [0.05, 0.1) is 6.54 Å². The fraction of sp³-hybridized carbons (Fsp3) is 0.800. The standard InChI is InChI=1S/C10H20N2O3S/c1-3-5-6-11-7-9-12(10-11,8-4-2)16(13,14)15/h4H,2-3,5-10H2,1H3/p+1. The second-order valence-electron chi connectivity index (χ2n) is 4.31. The van der Waals surface area contributed by atoms with E-state index in [9.17, 15) is 13.0 Å². The molecule has 94 valence electrons. The Balaban J connectivity index is 2.73. The van der Waals surface area contributed by atoms with Gasteiger partial charge in [0.15, 0.2) is 6.67 Å². The molecule has 1 atom stereocenters. The molecule has 0 aromatic heterocycles. The highest BCUT2D eigenvalue weighted by molar-refractivity contribution is 7.80. The average Bonchev–Trinajstić information content (AvgIpc) is 2.59. The van der Waals surface area contributed by atoms with Crippen molar-refractivity contribution in [2.24, 2.45) is 0 Å². The maximum atomic E-state index is 11.4. The van der Waals surface area contributed by atoms with Crippen molar-refractivity contribution in [1.29, 1.82) is 0 Å². The Labute approximate surface area is 97.8 Å². The molecule has 0 aromatic rings. The van der Waals surface area contributed by atoms with Crippen molar-refractivity contribution in [3.05, 3.63) is 12.7 Å². The largest absolute Gasteiger partial charge is 0.434 e. The summed E-state index contributed by atoms with van der Waals surface area (Å²) in [6.45, 7) is 8.34. The monoisotopic (exact) mass is 249 g/mol. The summed E-state index contributed by atoms with van der Waals surface area (Å²) < 4.78 is 31.9. The SMILES string of the molecule is C=CC[N+]1(S(=O)(=O)O)CCN(CCCC)C1. The summed E-state index contributed by atoms with van der Waals surface area (Å²) >= 11 is 0. The summed E-state index contributed by atoms with van der Waals surface area (Å²) in [6, 6.07) is 0. The lowest BCUT2D eigenvalue weighted by molar-refractivity contribution is -0.795. The van der Waals surface area contributed by atoms with E-state index in [4.69, 9.17) is 0 Å². The quantitative estimate of drug-likeness (QED) is 0.431. The van der Waals surface area contributed by atoms with Crippen molar-refractivity contribution < 1.29 is 16.9 Å². The Hall–Kier alpha value is -0.430. The molecule has 0 radical (unpaired) electrons. The van der Waals surface area contributed by atoms with E-state index >= 15 is 0 Å². The summed E-state index contributed by atoms with van der Waals surface area (Å²) in [5, 5.41) is 0. The van der Waals surface area contributed by atoms with Crippen LogP contribution in [-0.2, 0) is 10.3 Å². The number of unbranched alkanes of at least 4 members (excludes halogenated alkanes) is 1. The minimum Gasteiger partial charge on any atom is -0.250 e. The van der Waals surface area contributed by atoms with Gasteiger partial charge >= 0.3 is 10.3 Å². The van der Waals surface area contributed by atoms with Gasteiger partial charge in [-0.05, 0) is 12.5 Å². The molecule has 1 fully saturated rings. The van der Waals surface area contributed by atoms with Crippen LogP contribution in [0, 0.1) is 0 Å². The van der Waals surface area contributed by atoms with E-state index in [1.165, 1.54) is 0 Å². The first-order valence-electron chi connectivity index (χ1n) is 5.62. The first-order chi connectivity index (χ1) is 7.45. The molecule has 0 spiro atoms. The molecule has 0 saturated carbocycles. The average molecular weight is 249 g/mol. The topological polar surface area (TPSA) is 57.6 Å². The van der Waals surface area contributed by atoms with Gasteiger partial charge in [0.2, 0.25) is 0 Å². The molecule has 1 N–H and O–H groups in total. The van der Waals surface area contributed by atoms with Crippen LogP contribution in [0.2, 0.25) is 0 Å². The molecule has 6 heteroatoms. The van der Waals surface area contributed by atoms with E-state index < -0.39 is 10.3 Å². The summed E-state index contributed by atoms with van der Waals surface area (Å²) in [5.41, 5.74) is 0. The van der Waals surface area contributed by atoms with Crippen LogP contribution in [0.25, 0.3) is 0 Å². The molecule has 1 saturated heterocycles. The zero-order chi connectivity index (χ0) is 12.2. The van der Waals surface area contributed by atoms with Gasteiger partial charge in [-0.2, -0.15) is 3.89 Å². The zero-order valence-corrected chi connectivity index (χ0v) is 10.6. The molecule has 5 nitrogen and oxygen atoms in total. The third-order valence-corrected chi connectivity index (χ3v) is 4.49. The molecule has 1 heterocycles. The van der Waals surface area contributed by atoms with Crippen LogP contribution in [-0.4, -0.2) is 54.6 Å². The molecule has 1 unspecified atom stereocenters. The van der Waals surface area contributed by atoms with Gasteiger partial charge in [-0.25, -0.2) is 9.45 Å². The second kappa shape index (κ2) is 5.27. The summed E-state index contributed by atoms with van der Waals surface area (Å²) in [7, 11) is -4.06. The number of rotatable bonds is 6. The van der Waals surface area contributed by atoms with Crippen LogP contribution in [0.1, 0.15) is 19.8 Å². The van der Waals surface area contributed by atoms with Crippen LogP contribution < -0.4 is 0 Å². The van der Waals surface area contributed by atoms with Crippen molar-refractivity contribution in [2.45, 2.75) is 19.8 Å². The molecule has 0 bridgehead atoms. The van der Waals surface area contributed by atoms with E-state index in [2.05, 4.69) is 18.4 Å². The Morgan fingerprint density at radius 1 is 1.56 bits per heavy atom. The molecule has 1 aliphatic rings. The Morgan fingerprint density at radius 3 is 2.75 bits per heavy atom. The van der Waals surface area contributed by atoms with Crippen LogP contribution in [0.4, 0.5) is 0 Å². The minimum atomic E-state index is -4.06.